The summed E-state index contributed by atoms with van der Waals surface area (Å²) >= 11 is 0. The van der Waals surface area contributed by atoms with E-state index in [4.69, 9.17) is 5.73 Å². The SMILES string of the molecule is CN(C)C(=O)C1CCCN1CC(=O)c1c(N)n(C)c(=O)n(C)c1=O. The molecule has 0 spiro atoms. The van der Waals surface area contributed by atoms with Crippen LogP contribution in [0.4, 0.5) is 5.82 Å². The maximum absolute atomic E-state index is 12.6. The second-order valence-electron chi connectivity index (χ2n) is 6.25. The molecule has 0 aromatic carbocycles. The van der Waals surface area contributed by atoms with Gasteiger partial charge in [0.05, 0.1) is 12.6 Å². The minimum Gasteiger partial charge on any atom is -0.384 e. The summed E-state index contributed by atoms with van der Waals surface area (Å²) in [5.74, 6) is -0.702. The first-order valence-electron chi connectivity index (χ1n) is 7.70. The lowest BCUT2D eigenvalue weighted by atomic mass is 10.1. The second kappa shape index (κ2) is 6.60. The number of hydrogen-bond acceptors (Lipinski definition) is 6. The van der Waals surface area contributed by atoms with Gasteiger partial charge >= 0.3 is 5.69 Å². The number of likely N-dealkylation sites (N-methyl/N-ethyl adjacent to an activating group) is 1. The van der Waals surface area contributed by atoms with Gasteiger partial charge in [0.2, 0.25) is 5.91 Å². The van der Waals surface area contributed by atoms with Crippen LogP contribution in [-0.4, -0.2) is 63.9 Å². The van der Waals surface area contributed by atoms with E-state index in [1.807, 2.05) is 0 Å². The van der Waals surface area contributed by atoms with Crippen molar-refractivity contribution in [2.75, 3.05) is 32.9 Å². The van der Waals surface area contributed by atoms with Crippen LogP contribution in [0.25, 0.3) is 0 Å². The maximum atomic E-state index is 12.6. The molecule has 9 heteroatoms. The lowest BCUT2D eigenvalue weighted by molar-refractivity contribution is -0.133. The number of Topliss-reactive ketones (excluding diaryl/α,β-unsaturated/α-hetero) is 1. The van der Waals surface area contributed by atoms with Gasteiger partial charge in [-0.15, -0.1) is 0 Å². The van der Waals surface area contributed by atoms with Crippen molar-refractivity contribution in [2.24, 2.45) is 14.1 Å². The lowest BCUT2D eigenvalue weighted by Crippen LogP contribution is -2.47. The summed E-state index contributed by atoms with van der Waals surface area (Å²) in [6.07, 6.45) is 1.48. The summed E-state index contributed by atoms with van der Waals surface area (Å²) in [6.45, 7) is 0.518. The van der Waals surface area contributed by atoms with Gasteiger partial charge in [0.25, 0.3) is 5.56 Å². The van der Waals surface area contributed by atoms with Crippen LogP contribution in [0.3, 0.4) is 0 Å². The van der Waals surface area contributed by atoms with Gasteiger partial charge in [-0.3, -0.25) is 28.4 Å². The van der Waals surface area contributed by atoms with Crippen LogP contribution in [0, 0.1) is 0 Å². The Morgan fingerprint density at radius 3 is 2.42 bits per heavy atom. The van der Waals surface area contributed by atoms with E-state index in [2.05, 4.69) is 0 Å². The zero-order chi connectivity index (χ0) is 18.2. The van der Waals surface area contributed by atoms with E-state index in [9.17, 15) is 19.2 Å². The average molecular weight is 337 g/mol. The monoisotopic (exact) mass is 337 g/mol. The Morgan fingerprint density at radius 1 is 1.21 bits per heavy atom. The molecule has 2 N–H and O–H groups in total. The molecule has 1 aliphatic heterocycles. The highest BCUT2D eigenvalue weighted by Crippen LogP contribution is 2.19. The number of nitrogen functional groups attached to an aromatic ring is 1. The van der Waals surface area contributed by atoms with Crippen molar-refractivity contribution in [3.05, 3.63) is 26.4 Å². The molecule has 2 heterocycles. The van der Waals surface area contributed by atoms with Gasteiger partial charge in [0.1, 0.15) is 11.4 Å². The Bertz CT molecular complexity index is 792. The zero-order valence-electron chi connectivity index (χ0n) is 14.4. The van der Waals surface area contributed by atoms with Crippen molar-refractivity contribution in [2.45, 2.75) is 18.9 Å². The maximum Gasteiger partial charge on any atom is 0.332 e. The largest absolute Gasteiger partial charge is 0.384 e. The van der Waals surface area contributed by atoms with Crippen LogP contribution in [0.5, 0.6) is 0 Å². The molecule has 1 fully saturated rings. The first kappa shape index (κ1) is 17.9. The number of likely N-dealkylation sites (tertiary alicyclic amines) is 1. The topological polar surface area (TPSA) is 111 Å². The number of carbonyl (C=O) groups is 2. The summed E-state index contributed by atoms with van der Waals surface area (Å²) in [5, 5.41) is 0. The van der Waals surface area contributed by atoms with Crippen molar-refractivity contribution < 1.29 is 9.59 Å². The van der Waals surface area contributed by atoms with Gasteiger partial charge in [-0.25, -0.2) is 4.79 Å². The van der Waals surface area contributed by atoms with Gasteiger partial charge < -0.3 is 10.6 Å². The molecule has 0 aliphatic carbocycles. The molecule has 0 bridgehead atoms. The molecule has 1 atom stereocenters. The van der Waals surface area contributed by atoms with Crippen molar-refractivity contribution in [1.82, 2.24) is 18.9 Å². The summed E-state index contributed by atoms with van der Waals surface area (Å²) in [6, 6.07) is -0.374. The summed E-state index contributed by atoms with van der Waals surface area (Å²) < 4.78 is 1.93. The molecule has 1 saturated heterocycles. The molecule has 9 nitrogen and oxygen atoms in total. The standard InChI is InChI=1S/C15H23N5O4/c1-17(2)13(22)9-6-5-7-20(9)8-10(21)11-12(16)18(3)15(24)19(4)14(11)23/h9H,5-8,16H2,1-4H3. The number of nitrogens with two attached hydrogens (primary N) is 1. The molecule has 24 heavy (non-hydrogen) atoms. The molecule has 0 saturated carbocycles. The normalized spacial score (nSPS) is 17.9. The van der Waals surface area contributed by atoms with Crippen molar-refractivity contribution in [1.29, 1.82) is 0 Å². The van der Waals surface area contributed by atoms with E-state index in [0.717, 1.165) is 15.6 Å². The predicted molar refractivity (Wildman–Crippen MR) is 89.0 cm³/mol. The number of rotatable bonds is 4. The Labute approximate surface area is 139 Å². The van der Waals surface area contributed by atoms with E-state index >= 15 is 0 Å². The second-order valence-corrected chi connectivity index (χ2v) is 6.25. The Hall–Kier alpha value is -2.42. The highest BCUT2D eigenvalue weighted by atomic mass is 16.2. The molecule has 1 aliphatic rings. The highest BCUT2D eigenvalue weighted by molar-refractivity contribution is 6.01. The Balaban J connectivity index is 2.33. The molecule has 1 amide bonds. The highest BCUT2D eigenvalue weighted by Gasteiger charge is 2.34. The Morgan fingerprint density at radius 2 is 1.83 bits per heavy atom. The minimum atomic E-state index is -0.713. The summed E-state index contributed by atoms with van der Waals surface area (Å²) in [5.41, 5.74) is 4.30. The number of aromatic nitrogens is 2. The average Bonchev–Trinajstić information content (AvgIpc) is 2.98. The van der Waals surface area contributed by atoms with Crippen molar-refractivity contribution in [3.63, 3.8) is 0 Å². The number of nitrogens with zero attached hydrogens (tertiary/aromatic N) is 4. The number of ketones is 1. The van der Waals surface area contributed by atoms with Gasteiger partial charge in [-0.2, -0.15) is 0 Å². The quantitative estimate of drug-likeness (QED) is 0.663. The fraction of sp³-hybridized carbons (Fsp3) is 0.600. The number of carbonyl (C=O) groups excluding carboxylic acids is 2. The molecule has 2 rings (SSSR count). The molecule has 1 aromatic rings. The van der Waals surface area contributed by atoms with E-state index in [0.29, 0.717) is 13.0 Å². The first-order chi connectivity index (χ1) is 11.2. The molecule has 1 aromatic heterocycles. The molecular weight excluding hydrogens is 314 g/mol. The lowest BCUT2D eigenvalue weighted by Gasteiger charge is -2.25. The molecule has 1 unspecified atom stereocenters. The van der Waals surface area contributed by atoms with E-state index < -0.39 is 17.0 Å². The number of anilines is 1. The Kier molecular flexibility index (Phi) is 4.93. The summed E-state index contributed by atoms with van der Waals surface area (Å²) in [7, 11) is 6.04. The van der Waals surface area contributed by atoms with Crippen LogP contribution < -0.4 is 17.0 Å². The fourth-order valence-corrected chi connectivity index (χ4v) is 2.98. The van der Waals surface area contributed by atoms with Crippen LogP contribution >= 0.6 is 0 Å². The molecule has 132 valence electrons. The van der Waals surface area contributed by atoms with Gasteiger partial charge in [0, 0.05) is 28.2 Å². The zero-order valence-corrected chi connectivity index (χ0v) is 14.4. The fourth-order valence-electron chi connectivity index (χ4n) is 2.98. The van der Waals surface area contributed by atoms with Gasteiger partial charge in [0.15, 0.2) is 5.78 Å². The molecular formula is C15H23N5O4. The van der Waals surface area contributed by atoms with Crippen LogP contribution in [0.2, 0.25) is 0 Å². The van der Waals surface area contributed by atoms with E-state index in [1.54, 1.807) is 19.0 Å². The third kappa shape index (κ3) is 2.99. The van der Waals surface area contributed by atoms with Crippen molar-refractivity contribution >= 4 is 17.5 Å². The number of amides is 1. The smallest absolute Gasteiger partial charge is 0.332 e. The minimum absolute atomic E-state index is 0.0679. The van der Waals surface area contributed by atoms with Crippen LogP contribution in [-0.2, 0) is 18.9 Å². The first-order valence-corrected chi connectivity index (χ1v) is 7.70. The molecule has 0 radical (unpaired) electrons. The van der Waals surface area contributed by atoms with Crippen LogP contribution in [0.1, 0.15) is 23.2 Å². The van der Waals surface area contributed by atoms with Crippen LogP contribution in [0.15, 0.2) is 9.59 Å². The third-order valence-electron chi connectivity index (χ3n) is 4.42. The van der Waals surface area contributed by atoms with E-state index in [-0.39, 0.29) is 29.9 Å². The predicted octanol–water partition coefficient (Wildman–Crippen LogP) is -1.60. The van der Waals surface area contributed by atoms with Crippen molar-refractivity contribution in [3.8, 4) is 0 Å². The van der Waals surface area contributed by atoms with E-state index in [1.165, 1.54) is 19.0 Å². The third-order valence-corrected chi connectivity index (χ3v) is 4.42. The van der Waals surface area contributed by atoms with Gasteiger partial charge in [-0.1, -0.05) is 0 Å². The van der Waals surface area contributed by atoms with Gasteiger partial charge in [-0.05, 0) is 19.4 Å². The summed E-state index contributed by atoms with van der Waals surface area (Å²) in [4.78, 5) is 52.1. The number of hydrogen-bond donors (Lipinski definition) is 1.